The van der Waals surface area contributed by atoms with Crippen molar-refractivity contribution in [3.05, 3.63) is 47.8 Å². The number of piperidine rings is 1. The predicted octanol–water partition coefficient (Wildman–Crippen LogP) is 3.25. The molecule has 1 aliphatic heterocycles. The maximum absolute atomic E-state index is 11.6. The summed E-state index contributed by atoms with van der Waals surface area (Å²) in [6.45, 7) is 5.27. The number of anilines is 2. The molecule has 1 fully saturated rings. The highest BCUT2D eigenvalue weighted by molar-refractivity contribution is 5.73. The van der Waals surface area contributed by atoms with Crippen LogP contribution in [0.4, 0.5) is 11.6 Å². The lowest BCUT2D eigenvalue weighted by Gasteiger charge is -2.32. The number of nitrogens with zero attached hydrogens (tertiary/aromatic N) is 3. The molecule has 1 N–H and O–H groups in total. The van der Waals surface area contributed by atoms with E-state index in [1.807, 2.05) is 42.3 Å². The summed E-state index contributed by atoms with van der Waals surface area (Å²) in [5.41, 5.74) is 2.19. The lowest BCUT2D eigenvalue weighted by atomic mass is 9.91. The Morgan fingerprint density at radius 3 is 2.96 bits per heavy atom. The smallest absolute Gasteiger partial charge is 0.219 e. The second kappa shape index (κ2) is 6.77. The van der Waals surface area contributed by atoms with E-state index in [4.69, 9.17) is 0 Å². The highest BCUT2D eigenvalue weighted by Gasteiger charge is 2.23. The molecule has 0 bridgehead atoms. The fourth-order valence-electron chi connectivity index (χ4n) is 3.05. The fraction of sp³-hybridized carbons (Fsp3) is 0.389. The molecule has 5 nitrogen and oxygen atoms in total. The van der Waals surface area contributed by atoms with Crippen LogP contribution in [0, 0.1) is 6.92 Å². The van der Waals surface area contributed by atoms with Crippen molar-refractivity contribution in [3.8, 4) is 0 Å². The summed E-state index contributed by atoms with van der Waals surface area (Å²) in [5, 5.41) is 3.26. The van der Waals surface area contributed by atoms with Crippen LogP contribution in [0.1, 0.15) is 36.9 Å². The van der Waals surface area contributed by atoms with Gasteiger partial charge >= 0.3 is 0 Å². The van der Waals surface area contributed by atoms with E-state index in [9.17, 15) is 4.79 Å². The van der Waals surface area contributed by atoms with Gasteiger partial charge in [0.15, 0.2) is 0 Å². The highest BCUT2D eigenvalue weighted by atomic mass is 16.2. The summed E-state index contributed by atoms with van der Waals surface area (Å²) in [7, 11) is 0. The maximum Gasteiger partial charge on any atom is 0.219 e. The van der Waals surface area contributed by atoms with E-state index in [0.29, 0.717) is 5.92 Å². The Labute approximate surface area is 136 Å². The quantitative estimate of drug-likeness (QED) is 0.945. The van der Waals surface area contributed by atoms with Crippen LogP contribution in [0.5, 0.6) is 0 Å². The van der Waals surface area contributed by atoms with Gasteiger partial charge in [-0.25, -0.2) is 9.97 Å². The van der Waals surface area contributed by atoms with Crippen LogP contribution < -0.4 is 5.32 Å². The van der Waals surface area contributed by atoms with Gasteiger partial charge in [0.05, 0.1) is 0 Å². The summed E-state index contributed by atoms with van der Waals surface area (Å²) >= 11 is 0. The van der Waals surface area contributed by atoms with Gasteiger partial charge in [0.2, 0.25) is 5.91 Å². The molecule has 0 radical (unpaired) electrons. The second-order valence-corrected chi connectivity index (χ2v) is 6.07. The molecule has 0 aromatic carbocycles. The third kappa shape index (κ3) is 3.86. The largest absolute Gasteiger partial charge is 0.342 e. The molecule has 0 spiro atoms. The number of aryl methyl sites for hydroxylation is 1. The monoisotopic (exact) mass is 310 g/mol. The molecule has 0 saturated carbocycles. The molecule has 1 atom stereocenters. The van der Waals surface area contributed by atoms with Crippen LogP contribution in [0.15, 0.2) is 36.5 Å². The van der Waals surface area contributed by atoms with Crippen molar-refractivity contribution in [1.82, 2.24) is 14.9 Å². The Kier molecular flexibility index (Phi) is 4.55. The molecule has 2 aromatic heterocycles. The normalized spacial score (nSPS) is 17.8. The lowest BCUT2D eigenvalue weighted by Crippen LogP contribution is -2.37. The van der Waals surface area contributed by atoms with Gasteiger partial charge in [0.1, 0.15) is 11.6 Å². The molecule has 3 heterocycles. The molecule has 2 aromatic rings. The van der Waals surface area contributed by atoms with Crippen molar-refractivity contribution in [3.63, 3.8) is 0 Å². The minimum absolute atomic E-state index is 0.158. The van der Waals surface area contributed by atoms with Gasteiger partial charge < -0.3 is 10.2 Å². The van der Waals surface area contributed by atoms with E-state index < -0.39 is 0 Å². The van der Waals surface area contributed by atoms with Crippen molar-refractivity contribution >= 4 is 17.5 Å². The van der Waals surface area contributed by atoms with Crippen molar-refractivity contribution < 1.29 is 4.79 Å². The lowest BCUT2D eigenvalue weighted by molar-refractivity contribution is -0.130. The van der Waals surface area contributed by atoms with Gasteiger partial charge in [-0.1, -0.05) is 6.07 Å². The number of likely N-dealkylation sites (tertiary alicyclic amines) is 1. The van der Waals surface area contributed by atoms with Crippen LogP contribution in [0.2, 0.25) is 0 Å². The van der Waals surface area contributed by atoms with Crippen LogP contribution in [-0.2, 0) is 4.79 Å². The van der Waals surface area contributed by atoms with E-state index >= 15 is 0 Å². The number of amides is 1. The van der Waals surface area contributed by atoms with Gasteiger partial charge in [-0.3, -0.25) is 4.79 Å². The summed E-state index contributed by atoms with van der Waals surface area (Å²) in [6, 6.07) is 9.98. The Morgan fingerprint density at radius 2 is 2.17 bits per heavy atom. The first kappa shape index (κ1) is 15.5. The maximum atomic E-state index is 11.6. The van der Waals surface area contributed by atoms with Crippen molar-refractivity contribution in [2.45, 2.75) is 32.6 Å². The zero-order chi connectivity index (χ0) is 16.2. The summed E-state index contributed by atoms with van der Waals surface area (Å²) < 4.78 is 0. The Hall–Kier alpha value is -2.43. The molecule has 0 unspecified atom stereocenters. The number of hydrogen-bond acceptors (Lipinski definition) is 4. The molecule has 3 rings (SSSR count). The molecule has 0 aliphatic carbocycles. The molecular formula is C18H22N4O. The Morgan fingerprint density at radius 1 is 1.30 bits per heavy atom. The Bertz CT molecular complexity index is 701. The van der Waals surface area contributed by atoms with Gasteiger partial charge in [-0.2, -0.15) is 0 Å². The molecular weight excluding hydrogens is 288 g/mol. The van der Waals surface area contributed by atoms with E-state index in [1.165, 1.54) is 5.56 Å². The number of rotatable bonds is 3. The molecule has 1 saturated heterocycles. The topological polar surface area (TPSA) is 58.1 Å². The minimum atomic E-state index is 0.158. The van der Waals surface area contributed by atoms with Crippen LogP contribution in [-0.4, -0.2) is 33.9 Å². The van der Waals surface area contributed by atoms with Crippen LogP contribution in [0.3, 0.4) is 0 Å². The first-order valence-corrected chi connectivity index (χ1v) is 8.04. The number of aromatic nitrogens is 2. The Balaban J connectivity index is 1.75. The van der Waals surface area contributed by atoms with Crippen LogP contribution >= 0.6 is 0 Å². The molecule has 120 valence electrons. The van der Waals surface area contributed by atoms with Crippen LogP contribution in [0.25, 0.3) is 0 Å². The molecule has 23 heavy (non-hydrogen) atoms. The third-order valence-corrected chi connectivity index (χ3v) is 4.27. The number of pyridine rings is 2. The number of carbonyl (C=O) groups excluding carboxylic acids is 1. The first-order valence-electron chi connectivity index (χ1n) is 8.04. The number of carbonyl (C=O) groups is 1. The van der Waals surface area contributed by atoms with E-state index in [1.54, 1.807) is 6.92 Å². The standard InChI is InChI=1S/C18H22N4O/c1-13-5-3-7-17(20-13)21-18-11-15(8-9-19-18)16-6-4-10-22(12-16)14(2)23/h3,5,7-9,11,16H,4,6,10,12H2,1-2H3,(H,19,20,21)/t16-/m0/s1. The zero-order valence-electron chi connectivity index (χ0n) is 13.6. The highest BCUT2D eigenvalue weighted by Crippen LogP contribution is 2.28. The average molecular weight is 310 g/mol. The molecule has 1 amide bonds. The molecule has 1 aliphatic rings. The molecule has 5 heteroatoms. The summed E-state index contributed by atoms with van der Waals surface area (Å²) in [5.74, 6) is 2.12. The zero-order valence-corrected chi connectivity index (χ0v) is 13.6. The SMILES string of the molecule is CC(=O)N1CCC[C@H](c2ccnc(Nc3cccc(C)n3)c2)C1. The van der Waals surface area contributed by atoms with E-state index in [0.717, 1.165) is 43.3 Å². The van der Waals surface area contributed by atoms with Gasteiger partial charge in [-0.15, -0.1) is 0 Å². The van der Waals surface area contributed by atoms with Crippen molar-refractivity contribution in [2.24, 2.45) is 0 Å². The van der Waals surface area contributed by atoms with E-state index in [2.05, 4.69) is 21.4 Å². The minimum Gasteiger partial charge on any atom is -0.342 e. The number of hydrogen-bond donors (Lipinski definition) is 1. The third-order valence-electron chi connectivity index (χ3n) is 4.27. The average Bonchev–Trinajstić information content (AvgIpc) is 2.55. The van der Waals surface area contributed by atoms with Gasteiger partial charge in [0, 0.05) is 37.8 Å². The van der Waals surface area contributed by atoms with Gasteiger partial charge in [0.25, 0.3) is 0 Å². The predicted molar refractivity (Wildman–Crippen MR) is 90.7 cm³/mol. The summed E-state index contributed by atoms with van der Waals surface area (Å²) in [4.78, 5) is 22.4. The van der Waals surface area contributed by atoms with Crippen molar-refractivity contribution in [1.29, 1.82) is 0 Å². The first-order chi connectivity index (χ1) is 11.1. The second-order valence-electron chi connectivity index (χ2n) is 6.07. The van der Waals surface area contributed by atoms with Crippen molar-refractivity contribution in [2.75, 3.05) is 18.4 Å². The summed E-state index contributed by atoms with van der Waals surface area (Å²) in [6.07, 6.45) is 3.98. The van der Waals surface area contributed by atoms with E-state index in [-0.39, 0.29) is 5.91 Å². The number of nitrogens with one attached hydrogen (secondary N) is 1. The van der Waals surface area contributed by atoms with Gasteiger partial charge in [-0.05, 0) is 49.6 Å². The fourth-order valence-corrected chi connectivity index (χ4v) is 3.05.